The van der Waals surface area contributed by atoms with Crippen molar-refractivity contribution in [2.75, 3.05) is 5.32 Å². The van der Waals surface area contributed by atoms with E-state index in [1.54, 1.807) is 0 Å². The Kier molecular flexibility index (Phi) is 3.16. The van der Waals surface area contributed by atoms with Crippen LogP contribution in [0.15, 0.2) is 16.6 Å². The number of thiocarbonyl (C=S) groups is 1. The van der Waals surface area contributed by atoms with Gasteiger partial charge in [0.2, 0.25) is 0 Å². The molecular formula is C7H5BrF2N2S. The molecule has 6 heteroatoms. The van der Waals surface area contributed by atoms with E-state index >= 15 is 0 Å². The van der Waals surface area contributed by atoms with Crippen LogP contribution in [0.5, 0.6) is 0 Å². The first-order chi connectivity index (χ1) is 6.00. The average Bonchev–Trinajstić information content (AvgIpc) is 1.96. The highest BCUT2D eigenvalue weighted by atomic mass is 79.9. The lowest BCUT2D eigenvalue weighted by Gasteiger charge is -2.07. The molecule has 0 fully saturated rings. The van der Waals surface area contributed by atoms with Crippen LogP contribution >= 0.6 is 28.1 Å². The Morgan fingerprint density at radius 2 is 2.08 bits per heavy atom. The molecule has 0 aliphatic rings. The third-order valence-corrected chi connectivity index (χ3v) is 1.98. The number of hydrogen-bond acceptors (Lipinski definition) is 1. The van der Waals surface area contributed by atoms with Gasteiger partial charge in [-0.2, -0.15) is 0 Å². The lowest BCUT2D eigenvalue weighted by Crippen LogP contribution is -2.20. The number of hydrogen-bond donors (Lipinski definition) is 2. The maximum Gasteiger partial charge on any atom is 0.168 e. The van der Waals surface area contributed by atoms with E-state index in [0.29, 0.717) is 0 Å². The molecule has 1 rings (SSSR count). The number of anilines is 1. The van der Waals surface area contributed by atoms with Crippen LogP contribution in [0.4, 0.5) is 14.5 Å². The van der Waals surface area contributed by atoms with Gasteiger partial charge in [-0.3, -0.25) is 0 Å². The summed E-state index contributed by atoms with van der Waals surface area (Å²) in [4.78, 5) is 0. The molecule has 70 valence electrons. The van der Waals surface area contributed by atoms with Gasteiger partial charge in [-0.1, -0.05) is 0 Å². The Morgan fingerprint density at radius 3 is 2.54 bits per heavy atom. The molecular weight excluding hydrogens is 262 g/mol. The smallest absolute Gasteiger partial charge is 0.168 e. The number of nitrogens with one attached hydrogen (secondary N) is 1. The topological polar surface area (TPSA) is 38.0 Å². The first-order valence-corrected chi connectivity index (χ1v) is 4.42. The summed E-state index contributed by atoms with van der Waals surface area (Å²) in [6.45, 7) is 0. The van der Waals surface area contributed by atoms with Gasteiger partial charge >= 0.3 is 0 Å². The van der Waals surface area contributed by atoms with Gasteiger partial charge in [0.25, 0.3) is 0 Å². The van der Waals surface area contributed by atoms with Crippen molar-refractivity contribution >= 4 is 38.9 Å². The third kappa shape index (κ3) is 2.60. The van der Waals surface area contributed by atoms with Crippen LogP contribution in [-0.2, 0) is 0 Å². The van der Waals surface area contributed by atoms with Crippen molar-refractivity contribution in [3.63, 3.8) is 0 Å². The molecule has 0 aliphatic heterocycles. The molecule has 0 unspecified atom stereocenters. The molecule has 1 aromatic rings. The molecule has 0 aliphatic carbocycles. The van der Waals surface area contributed by atoms with E-state index in [1.807, 2.05) is 0 Å². The summed E-state index contributed by atoms with van der Waals surface area (Å²) in [5.41, 5.74) is 5.18. The number of rotatable bonds is 1. The monoisotopic (exact) mass is 266 g/mol. The minimum Gasteiger partial charge on any atom is -0.376 e. The van der Waals surface area contributed by atoms with Crippen LogP contribution in [0.3, 0.4) is 0 Å². The molecule has 13 heavy (non-hydrogen) atoms. The summed E-state index contributed by atoms with van der Waals surface area (Å²) in [7, 11) is 0. The zero-order valence-corrected chi connectivity index (χ0v) is 8.68. The maximum atomic E-state index is 13.0. The first kappa shape index (κ1) is 10.3. The molecule has 1 aromatic carbocycles. The number of benzene rings is 1. The fourth-order valence-electron chi connectivity index (χ4n) is 0.785. The van der Waals surface area contributed by atoms with Gasteiger partial charge in [0.05, 0.1) is 5.69 Å². The lowest BCUT2D eigenvalue weighted by molar-refractivity contribution is 0.585. The van der Waals surface area contributed by atoms with Gasteiger partial charge in [-0.15, -0.1) is 0 Å². The van der Waals surface area contributed by atoms with Crippen LogP contribution in [0.2, 0.25) is 0 Å². The van der Waals surface area contributed by atoms with Crippen molar-refractivity contribution in [1.29, 1.82) is 0 Å². The van der Waals surface area contributed by atoms with Crippen molar-refractivity contribution in [2.45, 2.75) is 0 Å². The highest BCUT2D eigenvalue weighted by Gasteiger charge is 2.09. The standard InChI is InChI=1S/C7H5BrF2N2S/c8-4-1-3(9)2-5(10)6(4)12-7(11)13/h1-2H,(H3,11,12,13). The Bertz CT molecular complexity index is 333. The Hall–Kier alpha value is -0.750. The van der Waals surface area contributed by atoms with E-state index in [1.165, 1.54) is 0 Å². The summed E-state index contributed by atoms with van der Waals surface area (Å²) in [6, 6.07) is 1.86. The van der Waals surface area contributed by atoms with Gasteiger partial charge in [0, 0.05) is 10.5 Å². The Morgan fingerprint density at radius 1 is 1.46 bits per heavy atom. The number of halogens is 3. The molecule has 3 N–H and O–H groups in total. The fourth-order valence-corrected chi connectivity index (χ4v) is 1.39. The molecule has 0 atom stereocenters. The molecule has 0 radical (unpaired) electrons. The Labute approximate surface area is 87.2 Å². The SMILES string of the molecule is NC(=S)Nc1c(F)cc(F)cc1Br. The van der Waals surface area contributed by atoms with E-state index in [9.17, 15) is 8.78 Å². The van der Waals surface area contributed by atoms with E-state index in [-0.39, 0.29) is 15.3 Å². The number of nitrogens with two attached hydrogens (primary N) is 1. The molecule has 0 saturated carbocycles. The van der Waals surface area contributed by atoms with Gasteiger partial charge in [0.15, 0.2) is 10.9 Å². The van der Waals surface area contributed by atoms with E-state index in [2.05, 4.69) is 33.5 Å². The second kappa shape index (κ2) is 3.97. The molecule has 2 nitrogen and oxygen atoms in total. The molecule has 0 heterocycles. The summed E-state index contributed by atoms with van der Waals surface area (Å²) in [6.07, 6.45) is 0. The van der Waals surface area contributed by atoms with Crippen molar-refractivity contribution in [3.05, 3.63) is 28.2 Å². The van der Waals surface area contributed by atoms with Crippen LogP contribution in [0.25, 0.3) is 0 Å². The lowest BCUT2D eigenvalue weighted by atomic mass is 10.3. The quantitative estimate of drug-likeness (QED) is 0.767. The zero-order chi connectivity index (χ0) is 10.0. The normalized spacial score (nSPS) is 9.77. The van der Waals surface area contributed by atoms with E-state index < -0.39 is 11.6 Å². The van der Waals surface area contributed by atoms with Gasteiger partial charge in [0.1, 0.15) is 5.82 Å². The van der Waals surface area contributed by atoms with Gasteiger partial charge in [-0.25, -0.2) is 8.78 Å². The first-order valence-electron chi connectivity index (χ1n) is 3.21. The van der Waals surface area contributed by atoms with E-state index in [4.69, 9.17) is 5.73 Å². The summed E-state index contributed by atoms with van der Waals surface area (Å²) >= 11 is 7.48. The summed E-state index contributed by atoms with van der Waals surface area (Å²) in [5, 5.41) is 2.31. The molecule has 0 saturated heterocycles. The van der Waals surface area contributed by atoms with Crippen molar-refractivity contribution in [1.82, 2.24) is 0 Å². The minimum atomic E-state index is -0.750. The van der Waals surface area contributed by atoms with Crippen LogP contribution < -0.4 is 11.1 Å². The van der Waals surface area contributed by atoms with Gasteiger partial charge in [-0.05, 0) is 34.2 Å². The fraction of sp³-hybridized carbons (Fsp3) is 0. The average molecular weight is 267 g/mol. The minimum absolute atomic E-state index is 0.0360. The third-order valence-electron chi connectivity index (χ3n) is 1.26. The molecule has 0 spiro atoms. The summed E-state index contributed by atoms with van der Waals surface area (Å²) in [5.74, 6) is -1.42. The van der Waals surface area contributed by atoms with Gasteiger partial charge < -0.3 is 11.1 Å². The molecule has 0 aromatic heterocycles. The van der Waals surface area contributed by atoms with Crippen molar-refractivity contribution < 1.29 is 8.78 Å². The maximum absolute atomic E-state index is 13.0. The van der Waals surface area contributed by atoms with Crippen molar-refractivity contribution in [3.8, 4) is 0 Å². The molecule has 0 bridgehead atoms. The highest BCUT2D eigenvalue weighted by Crippen LogP contribution is 2.26. The van der Waals surface area contributed by atoms with Crippen LogP contribution in [0, 0.1) is 11.6 Å². The molecule has 0 amide bonds. The second-order valence-corrected chi connectivity index (χ2v) is 3.53. The van der Waals surface area contributed by atoms with Crippen LogP contribution in [0.1, 0.15) is 0 Å². The predicted octanol–water partition coefficient (Wildman–Crippen LogP) is 2.38. The zero-order valence-electron chi connectivity index (χ0n) is 6.27. The predicted molar refractivity (Wildman–Crippen MR) is 54.5 cm³/mol. The Balaban J connectivity index is 3.13. The summed E-state index contributed by atoms with van der Waals surface area (Å²) < 4.78 is 25.8. The highest BCUT2D eigenvalue weighted by molar-refractivity contribution is 9.10. The second-order valence-electron chi connectivity index (χ2n) is 2.23. The van der Waals surface area contributed by atoms with E-state index in [0.717, 1.165) is 12.1 Å². The largest absolute Gasteiger partial charge is 0.376 e. The van der Waals surface area contributed by atoms with Crippen LogP contribution in [-0.4, -0.2) is 5.11 Å². The van der Waals surface area contributed by atoms with Crippen molar-refractivity contribution in [2.24, 2.45) is 5.73 Å².